The van der Waals surface area contributed by atoms with E-state index in [1.54, 1.807) is 0 Å². The molecule has 1 saturated heterocycles. The molecule has 1 aliphatic heterocycles. The van der Waals surface area contributed by atoms with Crippen LogP contribution in [0.4, 0.5) is 10.1 Å². The molecule has 1 atom stereocenters. The molecule has 0 aliphatic carbocycles. The maximum absolute atomic E-state index is 13.0. The van der Waals surface area contributed by atoms with Crippen LogP contribution in [0.1, 0.15) is 19.3 Å². The number of nitrogens with one attached hydrogen (secondary N) is 1. The molecule has 1 fully saturated rings. The maximum atomic E-state index is 13.0. The largest absolute Gasteiger partial charge is 0.395 e. The Morgan fingerprint density at radius 3 is 3.00 bits per heavy atom. The van der Waals surface area contributed by atoms with E-state index in [0.29, 0.717) is 5.69 Å². The minimum Gasteiger partial charge on any atom is -0.395 e. The number of aliphatic hydroxyl groups excluding tert-OH is 1. The molecule has 1 heterocycles. The Kier molecular flexibility index (Phi) is 5.34. The summed E-state index contributed by atoms with van der Waals surface area (Å²) in [6.07, 6.45) is 3.02. The molecule has 0 bridgehead atoms. The van der Waals surface area contributed by atoms with Gasteiger partial charge in [0.05, 0.1) is 18.2 Å². The molecular weight excluding hydrogens is 283 g/mol. The number of nitrogens with zero attached hydrogens (tertiary/aromatic N) is 1. The highest BCUT2D eigenvalue weighted by atomic mass is 35.5. The van der Waals surface area contributed by atoms with Crippen LogP contribution in [0.2, 0.25) is 5.02 Å². The first-order valence-corrected chi connectivity index (χ1v) is 7.08. The maximum Gasteiger partial charge on any atom is 0.238 e. The fourth-order valence-corrected chi connectivity index (χ4v) is 2.61. The number of benzene rings is 1. The quantitative estimate of drug-likeness (QED) is 0.897. The Hall–Kier alpha value is -1.17. The van der Waals surface area contributed by atoms with Crippen LogP contribution in [-0.4, -0.2) is 41.7 Å². The Morgan fingerprint density at radius 1 is 1.50 bits per heavy atom. The number of likely N-dealkylation sites (tertiary alicyclic amines) is 1. The van der Waals surface area contributed by atoms with E-state index in [1.807, 2.05) is 4.90 Å². The molecule has 2 rings (SSSR count). The average Bonchev–Trinajstić information content (AvgIpc) is 2.43. The SMILES string of the molecule is O=C(CN1CCCCC1CO)Nc1ccc(F)c(Cl)c1. The van der Waals surface area contributed by atoms with Gasteiger partial charge < -0.3 is 10.4 Å². The van der Waals surface area contributed by atoms with Gasteiger partial charge in [-0.05, 0) is 37.6 Å². The Labute approximate surface area is 122 Å². The van der Waals surface area contributed by atoms with Crippen molar-refractivity contribution in [1.82, 2.24) is 4.90 Å². The summed E-state index contributed by atoms with van der Waals surface area (Å²) in [7, 11) is 0. The number of amides is 1. The van der Waals surface area contributed by atoms with Crippen LogP contribution in [0.25, 0.3) is 0 Å². The van der Waals surface area contributed by atoms with Crippen LogP contribution >= 0.6 is 11.6 Å². The second-order valence-electron chi connectivity index (χ2n) is 4.98. The molecule has 1 amide bonds. The molecule has 6 heteroatoms. The molecule has 4 nitrogen and oxygen atoms in total. The van der Waals surface area contributed by atoms with Gasteiger partial charge in [-0.1, -0.05) is 18.0 Å². The Bertz CT molecular complexity index is 484. The van der Waals surface area contributed by atoms with E-state index >= 15 is 0 Å². The number of carbonyl (C=O) groups excluding carboxylic acids is 1. The van der Waals surface area contributed by atoms with E-state index in [-0.39, 0.29) is 30.1 Å². The Balaban J connectivity index is 1.92. The number of aliphatic hydroxyl groups is 1. The van der Waals surface area contributed by atoms with Crippen molar-refractivity contribution in [2.45, 2.75) is 25.3 Å². The molecule has 1 aromatic carbocycles. The summed E-state index contributed by atoms with van der Waals surface area (Å²) < 4.78 is 13.0. The van der Waals surface area contributed by atoms with Gasteiger partial charge in [0.25, 0.3) is 0 Å². The molecule has 2 N–H and O–H groups in total. The first kappa shape index (κ1) is 15.2. The van der Waals surface area contributed by atoms with Crippen molar-refractivity contribution in [2.24, 2.45) is 0 Å². The highest BCUT2D eigenvalue weighted by molar-refractivity contribution is 6.31. The summed E-state index contributed by atoms with van der Waals surface area (Å²) in [6, 6.07) is 4.12. The molecule has 0 aromatic heterocycles. The Morgan fingerprint density at radius 2 is 2.30 bits per heavy atom. The van der Waals surface area contributed by atoms with Gasteiger partial charge in [0.2, 0.25) is 5.91 Å². The molecule has 1 unspecified atom stereocenters. The zero-order valence-electron chi connectivity index (χ0n) is 11.1. The van der Waals surface area contributed by atoms with Crippen molar-refractivity contribution in [3.8, 4) is 0 Å². The molecule has 1 aliphatic rings. The van der Waals surface area contributed by atoms with E-state index < -0.39 is 5.82 Å². The first-order valence-electron chi connectivity index (χ1n) is 6.70. The van der Waals surface area contributed by atoms with Gasteiger partial charge in [0, 0.05) is 11.7 Å². The van der Waals surface area contributed by atoms with Gasteiger partial charge in [-0.15, -0.1) is 0 Å². The number of hydrogen-bond donors (Lipinski definition) is 2. The lowest BCUT2D eigenvalue weighted by molar-refractivity contribution is -0.118. The van der Waals surface area contributed by atoms with Gasteiger partial charge in [-0.25, -0.2) is 4.39 Å². The second-order valence-corrected chi connectivity index (χ2v) is 5.39. The molecule has 1 aromatic rings. The standard InChI is InChI=1S/C14H18ClFN2O2/c15-12-7-10(4-5-13(12)16)17-14(20)8-18-6-2-1-3-11(18)9-19/h4-5,7,11,19H,1-3,6,8-9H2,(H,17,20). The van der Waals surface area contributed by atoms with Gasteiger partial charge in [-0.2, -0.15) is 0 Å². The predicted octanol–water partition coefficient (Wildman–Crippen LogP) is 2.26. The smallest absolute Gasteiger partial charge is 0.238 e. The van der Waals surface area contributed by atoms with E-state index in [1.165, 1.54) is 18.2 Å². The van der Waals surface area contributed by atoms with Gasteiger partial charge in [0.15, 0.2) is 0 Å². The van der Waals surface area contributed by atoms with Gasteiger partial charge in [0.1, 0.15) is 5.82 Å². The summed E-state index contributed by atoms with van der Waals surface area (Å²) in [5.41, 5.74) is 0.471. The van der Waals surface area contributed by atoms with Crippen molar-refractivity contribution >= 4 is 23.2 Å². The summed E-state index contributed by atoms with van der Waals surface area (Å²) in [4.78, 5) is 13.9. The first-order chi connectivity index (χ1) is 9.60. The average molecular weight is 301 g/mol. The van der Waals surface area contributed by atoms with Crippen LogP contribution in [0.15, 0.2) is 18.2 Å². The molecule has 110 valence electrons. The summed E-state index contributed by atoms with van der Waals surface area (Å²) in [5.74, 6) is -0.700. The summed E-state index contributed by atoms with van der Waals surface area (Å²) in [6.45, 7) is 1.10. The number of hydrogen-bond acceptors (Lipinski definition) is 3. The molecular formula is C14H18ClFN2O2. The van der Waals surface area contributed by atoms with E-state index in [2.05, 4.69) is 5.32 Å². The van der Waals surface area contributed by atoms with Crippen molar-refractivity contribution in [3.63, 3.8) is 0 Å². The number of halogens is 2. The highest BCUT2D eigenvalue weighted by Gasteiger charge is 2.23. The summed E-state index contributed by atoms with van der Waals surface area (Å²) >= 11 is 5.67. The fraction of sp³-hybridized carbons (Fsp3) is 0.500. The van der Waals surface area contributed by atoms with Crippen LogP contribution in [0.3, 0.4) is 0 Å². The van der Waals surface area contributed by atoms with E-state index in [9.17, 15) is 14.3 Å². The lowest BCUT2D eigenvalue weighted by Gasteiger charge is -2.33. The third-order valence-electron chi connectivity index (χ3n) is 3.51. The number of carbonyl (C=O) groups is 1. The minimum atomic E-state index is -0.513. The lowest BCUT2D eigenvalue weighted by atomic mass is 10.0. The number of piperidine rings is 1. The fourth-order valence-electron chi connectivity index (χ4n) is 2.43. The van der Waals surface area contributed by atoms with E-state index in [0.717, 1.165) is 25.8 Å². The third-order valence-corrected chi connectivity index (χ3v) is 3.80. The molecule has 0 spiro atoms. The predicted molar refractivity (Wildman–Crippen MR) is 76.3 cm³/mol. The number of anilines is 1. The summed E-state index contributed by atoms with van der Waals surface area (Å²) in [5, 5.41) is 12.0. The topological polar surface area (TPSA) is 52.6 Å². The van der Waals surface area contributed by atoms with Crippen molar-refractivity contribution in [2.75, 3.05) is 25.0 Å². The second kappa shape index (κ2) is 7.02. The molecule has 0 radical (unpaired) electrons. The zero-order valence-corrected chi connectivity index (χ0v) is 11.9. The van der Waals surface area contributed by atoms with Crippen LogP contribution in [0, 0.1) is 5.82 Å². The van der Waals surface area contributed by atoms with E-state index in [4.69, 9.17) is 11.6 Å². The molecule has 0 saturated carbocycles. The van der Waals surface area contributed by atoms with Crippen LogP contribution in [-0.2, 0) is 4.79 Å². The third kappa shape index (κ3) is 3.91. The number of rotatable bonds is 4. The molecule has 20 heavy (non-hydrogen) atoms. The van der Waals surface area contributed by atoms with Crippen LogP contribution in [0.5, 0.6) is 0 Å². The normalized spacial score (nSPS) is 19.9. The van der Waals surface area contributed by atoms with Crippen molar-refractivity contribution in [3.05, 3.63) is 29.0 Å². The van der Waals surface area contributed by atoms with Crippen molar-refractivity contribution < 1.29 is 14.3 Å². The zero-order chi connectivity index (χ0) is 14.5. The van der Waals surface area contributed by atoms with Gasteiger partial charge in [-0.3, -0.25) is 9.69 Å². The van der Waals surface area contributed by atoms with Crippen molar-refractivity contribution in [1.29, 1.82) is 0 Å². The monoisotopic (exact) mass is 300 g/mol. The lowest BCUT2D eigenvalue weighted by Crippen LogP contribution is -2.45. The van der Waals surface area contributed by atoms with Crippen LogP contribution < -0.4 is 5.32 Å². The minimum absolute atomic E-state index is 0.0194. The highest BCUT2D eigenvalue weighted by Crippen LogP contribution is 2.20. The van der Waals surface area contributed by atoms with Gasteiger partial charge >= 0.3 is 0 Å².